The summed E-state index contributed by atoms with van der Waals surface area (Å²) in [6.07, 6.45) is 0.543. The number of hydrogen-bond donors (Lipinski definition) is 0. The molecule has 0 aliphatic rings. The summed E-state index contributed by atoms with van der Waals surface area (Å²) >= 11 is 0. The summed E-state index contributed by atoms with van der Waals surface area (Å²) in [5.74, 6) is -0.126. The fraction of sp³-hybridized carbons (Fsp3) is 0.500. The van der Waals surface area contributed by atoms with Gasteiger partial charge in [0, 0.05) is 0 Å². The van der Waals surface area contributed by atoms with E-state index in [4.69, 9.17) is 0 Å². The molecule has 1 aromatic carbocycles. The van der Waals surface area contributed by atoms with Gasteiger partial charge in [-0.15, -0.1) is 0 Å². The number of carbonyl (C=O) groups excluding carboxylic acids is 1. The van der Waals surface area contributed by atoms with Crippen molar-refractivity contribution < 1.29 is 9.18 Å². The molecule has 92 valence electrons. The van der Waals surface area contributed by atoms with Gasteiger partial charge in [0.1, 0.15) is 5.82 Å². The lowest BCUT2D eigenvalue weighted by Crippen LogP contribution is -1.93. The molecule has 0 spiro atoms. The summed E-state index contributed by atoms with van der Waals surface area (Å²) in [6.45, 7) is 12.0. The summed E-state index contributed by atoms with van der Waals surface area (Å²) in [5.41, 5.74) is 1.12. The molecule has 0 aliphatic carbocycles. The van der Waals surface area contributed by atoms with Crippen LogP contribution >= 0.6 is 0 Å². The average molecular weight is 226 g/mol. The molecule has 0 saturated heterocycles. The van der Waals surface area contributed by atoms with Crippen LogP contribution in [0.3, 0.4) is 0 Å². The van der Waals surface area contributed by atoms with E-state index in [1.165, 1.54) is 6.07 Å². The van der Waals surface area contributed by atoms with Gasteiger partial charge in [0.2, 0.25) is 0 Å². The number of carbonyl (C=O) groups is 1. The molecule has 1 rings (SSSR count). The smallest absolute Gasteiger partial charge is 0.153 e. The fourth-order valence-electron chi connectivity index (χ4n) is 1.01. The minimum Gasteiger partial charge on any atom is -0.298 e. The molecule has 0 saturated carbocycles. The van der Waals surface area contributed by atoms with Crippen molar-refractivity contribution in [3.8, 4) is 0 Å². The van der Waals surface area contributed by atoms with Crippen molar-refractivity contribution in [1.29, 1.82) is 0 Å². The van der Waals surface area contributed by atoms with Crippen LogP contribution in [0, 0.1) is 5.82 Å². The van der Waals surface area contributed by atoms with Crippen LogP contribution in [-0.4, -0.2) is 6.29 Å². The van der Waals surface area contributed by atoms with Crippen LogP contribution in [0.25, 0.3) is 0 Å². The Kier molecular flexibility index (Phi) is 11.1. The first kappa shape index (κ1) is 17.2. The van der Waals surface area contributed by atoms with Crippen LogP contribution in [0.5, 0.6) is 0 Å². The number of halogens is 1. The predicted octanol–water partition coefficient (Wildman–Crippen LogP) is 4.81. The van der Waals surface area contributed by atoms with Crippen LogP contribution in [0.2, 0.25) is 0 Å². The van der Waals surface area contributed by atoms with Crippen molar-refractivity contribution in [3.63, 3.8) is 0 Å². The van der Waals surface area contributed by atoms with E-state index in [0.29, 0.717) is 12.2 Å². The normalized spacial score (nSPS) is 8.50. The van der Waals surface area contributed by atoms with Crippen molar-refractivity contribution in [2.24, 2.45) is 0 Å². The first-order valence-electron chi connectivity index (χ1n) is 5.89. The molecule has 0 fully saturated rings. The Morgan fingerprint density at radius 1 is 1.12 bits per heavy atom. The summed E-state index contributed by atoms with van der Waals surface area (Å²) in [5, 5.41) is 0. The molecule has 0 radical (unpaired) electrons. The van der Waals surface area contributed by atoms with E-state index in [9.17, 15) is 9.18 Å². The Labute approximate surface area is 98.7 Å². The second kappa shape index (κ2) is 10.3. The van der Waals surface area contributed by atoms with Crippen molar-refractivity contribution in [3.05, 3.63) is 35.1 Å². The van der Waals surface area contributed by atoms with E-state index in [-0.39, 0.29) is 5.56 Å². The number of rotatable bonds is 2. The second-order valence-corrected chi connectivity index (χ2v) is 3.05. The molecule has 2 heteroatoms. The minimum absolute atomic E-state index is 0.140. The van der Waals surface area contributed by atoms with Gasteiger partial charge in [-0.3, -0.25) is 4.79 Å². The zero-order chi connectivity index (χ0) is 13.1. The quantitative estimate of drug-likeness (QED) is 0.661. The molecule has 0 N–H and O–H groups in total. The maximum absolute atomic E-state index is 12.8. The third-order valence-electron chi connectivity index (χ3n) is 1.81. The van der Waals surface area contributed by atoms with Gasteiger partial charge in [-0.2, -0.15) is 0 Å². The molecular formula is C14H23FO. The van der Waals surface area contributed by atoms with Crippen molar-refractivity contribution >= 4 is 6.29 Å². The van der Waals surface area contributed by atoms with E-state index < -0.39 is 5.82 Å². The Hall–Kier alpha value is -1.18. The SMILES string of the molecule is CC.CC.CC(C)c1ccc(F)c(C=O)c1. The maximum atomic E-state index is 12.8. The highest BCUT2D eigenvalue weighted by molar-refractivity contribution is 5.75. The molecule has 0 aliphatic heterocycles. The number of aldehydes is 1. The average Bonchev–Trinajstić information content (AvgIpc) is 2.34. The Morgan fingerprint density at radius 3 is 2.00 bits per heavy atom. The Bertz CT molecular complexity index is 293. The standard InChI is InChI=1S/C10H11FO.2C2H6/c1-7(2)8-3-4-10(11)9(5-8)6-12;2*1-2/h3-7H,1-2H3;2*1-2H3. The lowest BCUT2D eigenvalue weighted by atomic mass is 10.0. The van der Waals surface area contributed by atoms with Crippen LogP contribution in [0.15, 0.2) is 18.2 Å². The molecule has 0 amide bonds. The first-order chi connectivity index (χ1) is 7.65. The number of benzene rings is 1. The highest BCUT2D eigenvalue weighted by Gasteiger charge is 2.04. The first-order valence-corrected chi connectivity index (χ1v) is 5.89. The maximum Gasteiger partial charge on any atom is 0.153 e. The molecule has 0 unspecified atom stereocenters. The van der Waals surface area contributed by atoms with Crippen molar-refractivity contribution in [1.82, 2.24) is 0 Å². The monoisotopic (exact) mass is 226 g/mol. The van der Waals surface area contributed by atoms with Crippen molar-refractivity contribution in [2.45, 2.75) is 47.5 Å². The largest absolute Gasteiger partial charge is 0.298 e. The highest BCUT2D eigenvalue weighted by Crippen LogP contribution is 2.16. The van der Waals surface area contributed by atoms with Gasteiger partial charge in [0.25, 0.3) is 0 Å². The summed E-state index contributed by atoms with van der Waals surface area (Å²) in [6, 6.07) is 4.62. The zero-order valence-electron chi connectivity index (χ0n) is 11.2. The third kappa shape index (κ3) is 5.64. The molecule has 0 bridgehead atoms. The topological polar surface area (TPSA) is 17.1 Å². The van der Waals surface area contributed by atoms with Gasteiger partial charge in [0.15, 0.2) is 6.29 Å². The van der Waals surface area contributed by atoms with Crippen molar-refractivity contribution in [2.75, 3.05) is 0 Å². The fourth-order valence-corrected chi connectivity index (χ4v) is 1.01. The van der Waals surface area contributed by atoms with Crippen LogP contribution in [-0.2, 0) is 0 Å². The van der Waals surface area contributed by atoms with Gasteiger partial charge in [-0.25, -0.2) is 4.39 Å². The van der Waals surface area contributed by atoms with E-state index in [2.05, 4.69) is 0 Å². The van der Waals surface area contributed by atoms with E-state index in [1.807, 2.05) is 41.5 Å². The summed E-state index contributed by atoms with van der Waals surface area (Å²) in [4.78, 5) is 10.4. The zero-order valence-corrected chi connectivity index (χ0v) is 11.2. The number of hydrogen-bond acceptors (Lipinski definition) is 1. The molecule has 0 atom stereocenters. The van der Waals surface area contributed by atoms with Crippen LogP contribution in [0.4, 0.5) is 4.39 Å². The van der Waals surface area contributed by atoms with E-state index in [1.54, 1.807) is 12.1 Å². The minimum atomic E-state index is -0.450. The third-order valence-corrected chi connectivity index (χ3v) is 1.81. The lowest BCUT2D eigenvalue weighted by molar-refractivity contribution is 0.111. The summed E-state index contributed by atoms with van der Waals surface area (Å²) < 4.78 is 12.8. The molecule has 1 aromatic rings. The Morgan fingerprint density at radius 2 is 1.62 bits per heavy atom. The van der Waals surface area contributed by atoms with Crippen LogP contribution in [0.1, 0.15) is 63.4 Å². The molecular weight excluding hydrogens is 203 g/mol. The highest BCUT2D eigenvalue weighted by atomic mass is 19.1. The second-order valence-electron chi connectivity index (χ2n) is 3.05. The van der Waals surface area contributed by atoms with Gasteiger partial charge >= 0.3 is 0 Å². The molecule has 0 heterocycles. The van der Waals surface area contributed by atoms with Gasteiger partial charge < -0.3 is 0 Å². The van der Waals surface area contributed by atoms with Crippen LogP contribution < -0.4 is 0 Å². The Balaban J connectivity index is 0. The van der Waals surface area contributed by atoms with Gasteiger partial charge in [-0.1, -0.05) is 47.6 Å². The molecule has 16 heavy (non-hydrogen) atoms. The lowest BCUT2D eigenvalue weighted by Gasteiger charge is -2.05. The van der Waals surface area contributed by atoms with E-state index >= 15 is 0 Å². The van der Waals surface area contributed by atoms with E-state index in [0.717, 1.165) is 5.56 Å². The molecule has 1 nitrogen and oxygen atoms in total. The summed E-state index contributed by atoms with van der Waals surface area (Å²) in [7, 11) is 0. The predicted molar refractivity (Wildman–Crippen MR) is 68.6 cm³/mol. The molecule has 0 aromatic heterocycles. The van der Waals surface area contributed by atoms with Gasteiger partial charge in [0.05, 0.1) is 5.56 Å². The van der Waals surface area contributed by atoms with Gasteiger partial charge in [-0.05, 0) is 23.6 Å².